The van der Waals surface area contributed by atoms with E-state index in [1.54, 1.807) is 4.68 Å². The molecule has 0 radical (unpaired) electrons. The Hall–Kier alpha value is -1.66. The molecule has 1 fully saturated rings. The highest BCUT2D eigenvalue weighted by molar-refractivity contribution is 9.10. The van der Waals surface area contributed by atoms with Gasteiger partial charge in [0.2, 0.25) is 0 Å². The average molecular weight is 447 g/mol. The van der Waals surface area contributed by atoms with Crippen LogP contribution in [0.4, 0.5) is 0 Å². The number of carbonyl (C=O) groups excluding carboxylic acids is 1. The summed E-state index contributed by atoms with van der Waals surface area (Å²) in [5.74, 6) is 0.589. The molecular weight excluding hydrogens is 416 g/mol. The van der Waals surface area contributed by atoms with E-state index in [0.717, 1.165) is 35.8 Å². The summed E-state index contributed by atoms with van der Waals surface area (Å²) >= 11 is 3.53. The number of benzene rings is 1. The van der Waals surface area contributed by atoms with E-state index in [9.17, 15) is 4.79 Å². The number of rotatable bonds is 6. The lowest BCUT2D eigenvalue weighted by atomic mass is 9.78. The molecule has 0 spiro atoms. The van der Waals surface area contributed by atoms with Crippen molar-refractivity contribution in [1.82, 2.24) is 20.0 Å². The molecule has 1 aromatic carbocycles. The first-order valence-electron chi connectivity index (χ1n) is 10.2. The van der Waals surface area contributed by atoms with Crippen molar-refractivity contribution in [3.05, 3.63) is 51.8 Å². The van der Waals surface area contributed by atoms with Crippen LogP contribution in [0.5, 0.6) is 0 Å². The van der Waals surface area contributed by atoms with Gasteiger partial charge in [-0.05, 0) is 81.0 Å². The molecule has 6 heteroatoms. The molecule has 28 heavy (non-hydrogen) atoms. The van der Waals surface area contributed by atoms with Crippen LogP contribution in [-0.2, 0) is 6.54 Å². The second-order valence-corrected chi connectivity index (χ2v) is 8.76. The maximum absolute atomic E-state index is 12.9. The van der Waals surface area contributed by atoms with Gasteiger partial charge in [-0.3, -0.25) is 9.48 Å². The van der Waals surface area contributed by atoms with Gasteiger partial charge in [-0.15, -0.1) is 0 Å². The zero-order chi connectivity index (χ0) is 20.3. The number of aromatic nitrogens is 2. The smallest absolute Gasteiger partial charge is 0.270 e. The minimum absolute atomic E-state index is 0.0232. The highest BCUT2D eigenvalue weighted by Gasteiger charge is 2.31. The number of nitrogens with zero attached hydrogens (tertiary/aromatic N) is 3. The van der Waals surface area contributed by atoms with Gasteiger partial charge in [0.05, 0.1) is 10.2 Å². The Labute approximate surface area is 176 Å². The van der Waals surface area contributed by atoms with Gasteiger partial charge in [-0.2, -0.15) is 5.10 Å². The maximum Gasteiger partial charge on any atom is 0.270 e. The van der Waals surface area contributed by atoms with Gasteiger partial charge in [-0.1, -0.05) is 30.3 Å². The molecule has 0 bridgehead atoms. The zero-order valence-electron chi connectivity index (χ0n) is 17.3. The third-order valence-electron chi connectivity index (χ3n) is 5.82. The quantitative estimate of drug-likeness (QED) is 0.706. The van der Waals surface area contributed by atoms with Crippen LogP contribution in [0.1, 0.15) is 60.4 Å². The highest BCUT2D eigenvalue weighted by atomic mass is 79.9. The number of halogens is 1. The SMILES string of the molecule is CCn1nc(C)c(Br)c1C(=O)NC1CCC(C(c2ccccc2)N(C)C)CC1. The highest BCUT2D eigenvalue weighted by Crippen LogP contribution is 2.37. The predicted octanol–water partition coefficient (Wildman–Crippen LogP) is 4.57. The number of carbonyl (C=O) groups is 1. The lowest BCUT2D eigenvalue weighted by Gasteiger charge is -2.37. The van der Waals surface area contributed by atoms with Crippen molar-refractivity contribution < 1.29 is 4.79 Å². The number of nitrogens with one attached hydrogen (secondary N) is 1. The number of hydrogen-bond donors (Lipinski definition) is 1. The Bertz CT molecular complexity index is 794. The molecule has 3 rings (SSSR count). The number of aryl methyl sites for hydroxylation is 2. The zero-order valence-corrected chi connectivity index (χ0v) is 18.9. The Morgan fingerprint density at radius 3 is 2.46 bits per heavy atom. The summed E-state index contributed by atoms with van der Waals surface area (Å²) in [5, 5.41) is 7.68. The third kappa shape index (κ3) is 4.49. The predicted molar refractivity (Wildman–Crippen MR) is 116 cm³/mol. The molecule has 1 unspecified atom stereocenters. The van der Waals surface area contributed by atoms with Crippen LogP contribution in [0.25, 0.3) is 0 Å². The van der Waals surface area contributed by atoms with Crippen molar-refractivity contribution in [3.8, 4) is 0 Å². The van der Waals surface area contributed by atoms with Crippen molar-refractivity contribution in [1.29, 1.82) is 0 Å². The molecule has 0 aliphatic heterocycles. The average Bonchev–Trinajstić information content (AvgIpc) is 2.98. The maximum atomic E-state index is 12.9. The molecule has 1 amide bonds. The second kappa shape index (κ2) is 9.23. The molecule has 1 atom stereocenters. The first-order chi connectivity index (χ1) is 13.4. The Kier molecular flexibility index (Phi) is 6.94. The summed E-state index contributed by atoms with van der Waals surface area (Å²) in [6, 6.07) is 11.4. The van der Waals surface area contributed by atoms with Crippen LogP contribution in [0.15, 0.2) is 34.8 Å². The van der Waals surface area contributed by atoms with E-state index in [0.29, 0.717) is 24.2 Å². The molecule has 1 aromatic heterocycles. The van der Waals surface area contributed by atoms with E-state index in [4.69, 9.17) is 0 Å². The monoisotopic (exact) mass is 446 g/mol. The minimum Gasteiger partial charge on any atom is -0.348 e. The van der Waals surface area contributed by atoms with Crippen molar-refractivity contribution in [2.45, 2.75) is 58.2 Å². The van der Waals surface area contributed by atoms with E-state index < -0.39 is 0 Å². The molecule has 1 saturated carbocycles. The topological polar surface area (TPSA) is 50.2 Å². The van der Waals surface area contributed by atoms with Gasteiger partial charge in [0.25, 0.3) is 5.91 Å². The second-order valence-electron chi connectivity index (χ2n) is 7.97. The van der Waals surface area contributed by atoms with Crippen molar-refractivity contribution in [2.75, 3.05) is 14.1 Å². The molecule has 1 aliphatic carbocycles. The van der Waals surface area contributed by atoms with Gasteiger partial charge in [0, 0.05) is 18.6 Å². The fraction of sp³-hybridized carbons (Fsp3) is 0.545. The van der Waals surface area contributed by atoms with Crippen LogP contribution < -0.4 is 5.32 Å². The van der Waals surface area contributed by atoms with E-state index >= 15 is 0 Å². The Balaban J connectivity index is 1.63. The molecule has 1 aliphatic rings. The Morgan fingerprint density at radius 2 is 1.89 bits per heavy atom. The van der Waals surface area contributed by atoms with Crippen LogP contribution in [0.2, 0.25) is 0 Å². The first kappa shape index (κ1) is 21.1. The normalized spacial score (nSPS) is 20.9. The summed E-state index contributed by atoms with van der Waals surface area (Å²) < 4.78 is 2.58. The van der Waals surface area contributed by atoms with E-state index in [1.807, 2.05) is 13.8 Å². The molecule has 5 nitrogen and oxygen atoms in total. The van der Waals surface area contributed by atoms with Crippen LogP contribution in [-0.4, -0.2) is 40.7 Å². The van der Waals surface area contributed by atoms with Crippen molar-refractivity contribution >= 4 is 21.8 Å². The summed E-state index contributed by atoms with van der Waals surface area (Å²) in [6.45, 7) is 4.61. The fourth-order valence-electron chi connectivity index (χ4n) is 4.48. The number of hydrogen-bond acceptors (Lipinski definition) is 3. The van der Waals surface area contributed by atoms with Gasteiger partial charge < -0.3 is 10.2 Å². The lowest BCUT2D eigenvalue weighted by molar-refractivity contribution is 0.0895. The van der Waals surface area contributed by atoms with Crippen LogP contribution >= 0.6 is 15.9 Å². The largest absolute Gasteiger partial charge is 0.348 e. The third-order valence-corrected chi connectivity index (χ3v) is 6.77. The summed E-state index contributed by atoms with van der Waals surface area (Å²) in [7, 11) is 4.33. The van der Waals surface area contributed by atoms with Gasteiger partial charge in [0.1, 0.15) is 5.69 Å². The molecule has 1 heterocycles. The van der Waals surface area contributed by atoms with Gasteiger partial charge in [-0.25, -0.2) is 0 Å². The van der Waals surface area contributed by atoms with E-state index in [-0.39, 0.29) is 11.9 Å². The summed E-state index contributed by atoms with van der Waals surface area (Å²) in [6.07, 6.45) is 4.28. The van der Waals surface area contributed by atoms with Gasteiger partial charge in [0.15, 0.2) is 0 Å². The number of amides is 1. The van der Waals surface area contributed by atoms with E-state index in [2.05, 4.69) is 75.7 Å². The first-order valence-corrected chi connectivity index (χ1v) is 11.0. The summed E-state index contributed by atoms with van der Waals surface area (Å²) in [4.78, 5) is 15.2. The minimum atomic E-state index is -0.0232. The Morgan fingerprint density at radius 1 is 1.25 bits per heavy atom. The summed E-state index contributed by atoms with van der Waals surface area (Å²) in [5.41, 5.74) is 2.87. The van der Waals surface area contributed by atoms with Crippen molar-refractivity contribution in [2.24, 2.45) is 5.92 Å². The molecule has 0 saturated heterocycles. The van der Waals surface area contributed by atoms with E-state index in [1.165, 1.54) is 5.56 Å². The lowest BCUT2D eigenvalue weighted by Crippen LogP contribution is -2.40. The molecule has 2 aromatic rings. The molecule has 1 N–H and O–H groups in total. The van der Waals surface area contributed by atoms with Crippen LogP contribution in [0, 0.1) is 12.8 Å². The molecular formula is C22H31BrN4O. The van der Waals surface area contributed by atoms with Gasteiger partial charge >= 0.3 is 0 Å². The standard InChI is InChI=1S/C22H31BrN4O/c1-5-27-21(19(23)15(2)25-27)22(28)24-18-13-11-17(12-14-18)20(26(3)4)16-9-7-6-8-10-16/h6-10,17-18,20H,5,11-14H2,1-4H3,(H,24,28). The molecule has 152 valence electrons. The van der Waals surface area contributed by atoms with Crippen LogP contribution in [0.3, 0.4) is 0 Å². The fourth-order valence-corrected chi connectivity index (χ4v) is 4.94. The van der Waals surface area contributed by atoms with Crippen molar-refractivity contribution in [3.63, 3.8) is 0 Å².